The molecule has 24 heavy (non-hydrogen) atoms. The molecule has 2 bridgehead atoms. The molecule has 2 aliphatic carbocycles. The first kappa shape index (κ1) is 13.7. The quantitative estimate of drug-likeness (QED) is 0.626. The number of fused-ring (bicyclic) bond motifs is 1. The molecule has 5 unspecified atom stereocenters. The van der Waals surface area contributed by atoms with Crippen molar-refractivity contribution in [1.82, 2.24) is 4.90 Å². The van der Waals surface area contributed by atoms with Crippen LogP contribution in [0, 0.1) is 5.92 Å². The first-order valence-electron chi connectivity index (χ1n) is 8.87. The average molecular weight is 327 g/mol. The molecule has 1 spiro atoms. The van der Waals surface area contributed by atoms with Crippen LogP contribution >= 0.6 is 0 Å². The van der Waals surface area contributed by atoms with Gasteiger partial charge in [0.2, 0.25) is 0 Å². The van der Waals surface area contributed by atoms with Gasteiger partial charge in [0.15, 0.2) is 11.5 Å². The number of aliphatic hydroxyl groups is 1. The normalized spacial score (nSPS) is 46.7. The predicted octanol–water partition coefficient (Wildman–Crippen LogP) is 0.966. The van der Waals surface area contributed by atoms with Gasteiger partial charge in [-0.1, -0.05) is 12.1 Å². The average Bonchev–Trinajstić information content (AvgIpc) is 3.29. The summed E-state index contributed by atoms with van der Waals surface area (Å²) in [5.41, 5.74) is 2.19. The number of phenolic OH excluding ortho intramolecular Hbond substituents is 1. The Kier molecular flexibility index (Phi) is 2.37. The summed E-state index contributed by atoms with van der Waals surface area (Å²) >= 11 is 0. The molecule has 0 radical (unpaired) electrons. The van der Waals surface area contributed by atoms with E-state index in [0.717, 1.165) is 31.5 Å². The van der Waals surface area contributed by atoms with Crippen molar-refractivity contribution in [3.8, 4) is 11.5 Å². The van der Waals surface area contributed by atoms with Crippen LogP contribution in [0.25, 0.3) is 0 Å². The molecule has 2 saturated heterocycles. The zero-order valence-electron chi connectivity index (χ0n) is 13.4. The number of ether oxygens (including phenoxy) is 2. The van der Waals surface area contributed by atoms with Gasteiger partial charge in [-0.2, -0.15) is 0 Å². The maximum Gasteiger partial charge on any atom is 0.165 e. The molecule has 3 aliphatic heterocycles. The van der Waals surface area contributed by atoms with E-state index in [1.807, 2.05) is 12.1 Å². The minimum Gasteiger partial charge on any atom is -0.504 e. The van der Waals surface area contributed by atoms with Crippen LogP contribution in [-0.2, 0) is 16.6 Å². The summed E-state index contributed by atoms with van der Waals surface area (Å²) in [6.45, 7) is 5.76. The second-order valence-electron chi connectivity index (χ2n) is 7.91. The van der Waals surface area contributed by atoms with Gasteiger partial charge >= 0.3 is 0 Å². The van der Waals surface area contributed by atoms with Crippen LogP contribution in [0.2, 0.25) is 0 Å². The number of phenols is 1. The van der Waals surface area contributed by atoms with E-state index in [-0.39, 0.29) is 29.5 Å². The van der Waals surface area contributed by atoms with Crippen LogP contribution in [0.5, 0.6) is 11.5 Å². The largest absolute Gasteiger partial charge is 0.504 e. The lowest BCUT2D eigenvalue weighted by Crippen LogP contribution is -2.69. The highest BCUT2D eigenvalue weighted by molar-refractivity contribution is 5.61. The first-order valence-corrected chi connectivity index (χ1v) is 8.87. The molecule has 1 aromatic carbocycles. The number of likely N-dealkylation sites (tertiary alicyclic amines) is 1. The lowest BCUT2D eigenvalue weighted by atomic mass is 9.51. The molecular formula is C19H21NO4. The zero-order valence-corrected chi connectivity index (χ0v) is 13.4. The van der Waals surface area contributed by atoms with Crippen LogP contribution in [0.1, 0.15) is 17.5 Å². The van der Waals surface area contributed by atoms with Gasteiger partial charge in [0.05, 0.1) is 6.10 Å². The Morgan fingerprint density at radius 2 is 2.25 bits per heavy atom. The number of aliphatic hydroxyl groups excluding tert-OH is 1. The molecular weight excluding hydrogens is 306 g/mol. The molecule has 3 fully saturated rings. The smallest absolute Gasteiger partial charge is 0.165 e. The van der Waals surface area contributed by atoms with Crippen molar-refractivity contribution >= 4 is 0 Å². The maximum atomic E-state index is 10.8. The van der Waals surface area contributed by atoms with Crippen LogP contribution in [0.15, 0.2) is 24.8 Å². The van der Waals surface area contributed by atoms with Crippen molar-refractivity contribution < 1.29 is 19.7 Å². The zero-order chi connectivity index (χ0) is 16.2. The third-order valence-electron chi connectivity index (χ3n) is 7.09. The summed E-state index contributed by atoms with van der Waals surface area (Å²) in [7, 11) is 0. The molecule has 6 rings (SSSR count). The summed E-state index contributed by atoms with van der Waals surface area (Å²) in [5.74, 6) is 1.13. The fourth-order valence-corrected chi connectivity index (χ4v) is 6.27. The Morgan fingerprint density at radius 1 is 1.38 bits per heavy atom. The highest BCUT2D eigenvalue weighted by Gasteiger charge is 2.75. The van der Waals surface area contributed by atoms with Gasteiger partial charge < -0.3 is 19.7 Å². The first-order chi connectivity index (χ1) is 11.7. The number of epoxide rings is 1. The molecule has 2 N–H and O–H groups in total. The van der Waals surface area contributed by atoms with Crippen LogP contribution in [0.3, 0.4) is 0 Å². The molecule has 7 atom stereocenters. The molecule has 3 heterocycles. The Morgan fingerprint density at radius 3 is 3.08 bits per heavy atom. The highest BCUT2D eigenvalue weighted by Crippen LogP contribution is 2.66. The number of hydrogen-bond donors (Lipinski definition) is 2. The third-order valence-corrected chi connectivity index (χ3v) is 7.09. The van der Waals surface area contributed by atoms with Gasteiger partial charge in [0, 0.05) is 29.5 Å². The van der Waals surface area contributed by atoms with Crippen molar-refractivity contribution in [2.24, 2.45) is 5.92 Å². The van der Waals surface area contributed by atoms with Gasteiger partial charge in [-0.25, -0.2) is 0 Å². The summed E-state index contributed by atoms with van der Waals surface area (Å²) in [5, 5.41) is 21.1. The molecule has 5 nitrogen and oxygen atoms in total. The second-order valence-corrected chi connectivity index (χ2v) is 7.91. The van der Waals surface area contributed by atoms with E-state index in [1.165, 1.54) is 5.56 Å². The van der Waals surface area contributed by atoms with Crippen molar-refractivity contribution in [2.75, 3.05) is 13.1 Å². The molecule has 126 valence electrons. The van der Waals surface area contributed by atoms with E-state index in [0.29, 0.717) is 17.7 Å². The molecule has 1 aromatic rings. The van der Waals surface area contributed by atoms with E-state index in [4.69, 9.17) is 9.47 Å². The SMILES string of the molecule is C=CCN1CCC23c4c5ccc(O)c4O[C@H]2[C@@H](O)C2OC2C3C1C5. The number of piperidine rings is 1. The molecule has 0 aromatic heterocycles. The van der Waals surface area contributed by atoms with E-state index >= 15 is 0 Å². The molecule has 0 amide bonds. The summed E-state index contributed by atoms with van der Waals surface area (Å²) < 4.78 is 12.1. The Labute approximate surface area is 140 Å². The Bertz CT molecular complexity index is 764. The number of hydrogen-bond acceptors (Lipinski definition) is 5. The maximum absolute atomic E-state index is 10.8. The third kappa shape index (κ3) is 1.32. The van der Waals surface area contributed by atoms with Gasteiger partial charge in [0.1, 0.15) is 18.3 Å². The summed E-state index contributed by atoms with van der Waals surface area (Å²) in [6, 6.07) is 4.15. The number of benzene rings is 1. The Balaban J connectivity index is 1.61. The van der Waals surface area contributed by atoms with E-state index < -0.39 is 6.10 Å². The van der Waals surface area contributed by atoms with Crippen molar-refractivity contribution in [3.05, 3.63) is 35.9 Å². The van der Waals surface area contributed by atoms with Gasteiger partial charge in [-0.05, 0) is 31.0 Å². The minimum atomic E-state index is -0.615. The van der Waals surface area contributed by atoms with E-state index in [2.05, 4.69) is 11.5 Å². The number of nitrogens with zero attached hydrogens (tertiary/aromatic N) is 1. The summed E-state index contributed by atoms with van der Waals surface area (Å²) in [6.07, 6.45) is 2.93. The Hall–Kier alpha value is -1.56. The lowest BCUT2D eigenvalue weighted by Gasteiger charge is -2.57. The van der Waals surface area contributed by atoms with Gasteiger partial charge in [-0.15, -0.1) is 6.58 Å². The summed E-state index contributed by atoms with van der Waals surface area (Å²) in [4.78, 5) is 2.50. The van der Waals surface area contributed by atoms with Crippen molar-refractivity contribution in [3.63, 3.8) is 0 Å². The van der Waals surface area contributed by atoms with Crippen LogP contribution in [0.4, 0.5) is 0 Å². The van der Waals surface area contributed by atoms with E-state index in [1.54, 1.807) is 6.07 Å². The molecule has 1 saturated carbocycles. The standard InChI is InChI=1S/C19H21NO4/c1-2-6-20-7-5-19-12-9-3-4-11(21)15(12)24-18(19)14(22)17-16(23-17)13(19)10(20)8-9/h2-4,10,13-14,16-18,21-22H,1,5-8H2/t10?,13?,14-,16?,17?,18-,19?/m0/s1. The fraction of sp³-hybridized carbons (Fsp3) is 0.579. The molecule has 5 heteroatoms. The minimum absolute atomic E-state index is 0.110. The second kappa shape index (κ2) is 4.15. The van der Waals surface area contributed by atoms with Crippen molar-refractivity contribution in [2.45, 2.75) is 48.7 Å². The highest BCUT2D eigenvalue weighted by atomic mass is 16.6. The lowest BCUT2D eigenvalue weighted by molar-refractivity contribution is -0.0866. The van der Waals surface area contributed by atoms with E-state index in [9.17, 15) is 10.2 Å². The predicted molar refractivity (Wildman–Crippen MR) is 86.2 cm³/mol. The number of aromatic hydroxyl groups is 1. The monoisotopic (exact) mass is 327 g/mol. The fourth-order valence-electron chi connectivity index (χ4n) is 6.27. The van der Waals surface area contributed by atoms with Crippen molar-refractivity contribution in [1.29, 1.82) is 0 Å². The molecule has 5 aliphatic rings. The number of rotatable bonds is 2. The van der Waals surface area contributed by atoms with Gasteiger partial charge in [-0.3, -0.25) is 4.90 Å². The topological polar surface area (TPSA) is 65.5 Å². The van der Waals surface area contributed by atoms with Crippen LogP contribution < -0.4 is 4.74 Å². The van der Waals surface area contributed by atoms with Crippen LogP contribution in [-0.4, -0.2) is 58.7 Å². The van der Waals surface area contributed by atoms with Gasteiger partial charge in [0.25, 0.3) is 0 Å².